The second kappa shape index (κ2) is 8.82. The summed E-state index contributed by atoms with van der Waals surface area (Å²) >= 11 is 0. The molecule has 5 rings (SSSR count). The van der Waals surface area contributed by atoms with E-state index in [0.29, 0.717) is 17.9 Å². The van der Waals surface area contributed by atoms with Crippen molar-refractivity contribution in [1.29, 1.82) is 0 Å². The molecule has 4 heterocycles. The number of fused-ring (bicyclic) bond motifs is 1. The topological polar surface area (TPSA) is 141 Å². The van der Waals surface area contributed by atoms with E-state index in [1.165, 1.54) is 12.6 Å². The third-order valence-corrected chi connectivity index (χ3v) is 6.48. The van der Waals surface area contributed by atoms with Crippen LogP contribution < -0.4 is 10.2 Å². The van der Waals surface area contributed by atoms with Crippen LogP contribution in [-0.2, 0) is 23.1 Å². The van der Waals surface area contributed by atoms with Gasteiger partial charge in [-0.1, -0.05) is 37.3 Å². The van der Waals surface area contributed by atoms with E-state index in [9.17, 15) is 9.59 Å². The predicted molar refractivity (Wildman–Crippen MR) is 128 cm³/mol. The van der Waals surface area contributed by atoms with E-state index in [0.717, 1.165) is 30.8 Å². The van der Waals surface area contributed by atoms with Crippen LogP contribution in [0, 0.1) is 0 Å². The summed E-state index contributed by atoms with van der Waals surface area (Å²) in [5.74, 6) is -0.568. The van der Waals surface area contributed by atoms with Gasteiger partial charge in [0, 0.05) is 37.5 Å². The molecule has 1 aromatic carbocycles. The van der Waals surface area contributed by atoms with Crippen LogP contribution in [0.3, 0.4) is 0 Å². The molecule has 0 radical (unpaired) electrons. The van der Waals surface area contributed by atoms with Crippen molar-refractivity contribution < 1.29 is 14.7 Å². The molecule has 1 amide bonds. The lowest BCUT2D eigenvalue weighted by Crippen LogP contribution is -2.28. The van der Waals surface area contributed by atoms with Gasteiger partial charge in [-0.15, -0.1) is 5.10 Å². The number of amides is 1. The van der Waals surface area contributed by atoms with E-state index in [-0.39, 0.29) is 29.4 Å². The fourth-order valence-electron chi connectivity index (χ4n) is 4.62. The van der Waals surface area contributed by atoms with Crippen LogP contribution in [0.1, 0.15) is 46.7 Å². The normalized spacial score (nSPS) is 17.7. The van der Waals surface area contributed by atoms with Crippen molar-refractivity contribution in [2.45, 2.75) is 31.6 Å². The van der Waals surface area contributed by atoms with E-state index >= 15 is 0 Å². The number of carboxylic acids is 1. The van der Waals surface area contributed by atoms with Gasteiger partial charge >= 0.3 is 5.97 Å². The third kappa shape index (κ3) is 4.44. The number of carbonyl (C=O) groups excluding carboxylic acids is 1. The van der Waals surface area contributed by atoms with Gasteiger partial charge in [0.05, 0.1) is 11.9 Å². The number of H-pyrrole nitrogens is 1. The Morgan fingerprint density at radius 2 is 2.03 bits per heavy atom. The molecule has 1 atom stereocenters. The molecule has 0 aliphatic carbocycles. The molecule has 11 heteroatoms. The van der Waals surface area contributed by atoms with Gasteiger partial charge in [-0.25, -0.2) is 14.5 Å². The van der Waals surface area contributed by atoms with Crippen molar-refractivity contribution in [1.82, 2.24) is 35.1 Å². The minimum Gasteiger partial charge on any atom is -0.481 e. The van der Waals surface area contributed by atoms with Crippen LogP contribution >= 0.6 is 0 Å². The number of hydrogen-bond acceptors (Lipinski definition) is 7. The van der Waals surface area contributed by atoms with Crippen molar-refractivity contribution in [3.63, 3.8) is 0 Å². The van der Waals surface area contributed by atoms with Gasteiger partial charge in [0.15, 0.2) is 11.5 Å². The Bertz CT molecular complexity index is 1400. The molecule has 11 nitrogen and oxygen atoms in total. The van der Waals surface area contributed by atoms with E-state index in [1.54, 1.807) is 4.52 Å². The summed E-state index contributed by atoms with van der Waals surface area (Å²) in [4.78, 5) is 34.3. The molecule has 0 spiro atoms. The Hall–Kier alpha value is -4.28. The first-order valence-corrected chi connectivity index (χ1v) is 11.4. The number of aliphatic carboxylic acids is 1. The Morgan fingerprint density at radius 3 is 2.77 bits per heavy atom. The standard InChI is InChI=1S/C24H26N8O3/c1-24(16-6-4-3-5-7-16)8-9-31(14-24)17-10-15(11-18-26-19(29-28-18)12-20(33)34)22-27-21(23(35)25-2)30-32(22)13-17/h3-7,10,13H,8-9,11-12,14H2,1-2H3,(H,25,35)(H,33,34)(H,26,28,29)/t24-/m0/s1. The maximum atomic E-state index is 12.2. The molecule has 0 bridgehead atoms. The van der Waals surface area contributed by atoms with Crippen LogP contribution in [0.2, 0.25) is 0 Å². The van der Waals surface area contributed by atoms with Gasteiger partial charge in [-0.05, 0) is 18.1 Å². The van der Waals surface area contributed by atoms with Gasteiger partial charge < -0.3 is 15.3 Å². The lowest BCUT2D eigenvalue weighted by Gasteiger charge is -2.26. The van der Waals surface area contributed by atoms with Crippen LogP contribution in [0.15, 0.2) is 42.6 Å². The highest BCUT2D eigenvalue weighted by Crippen LogP contribution is 2.37. The molecule has 35 heavy (non-hydrogen) atoms. The van der Waals surface area contributed by atoms with Crippen molar-refractivity contribution in [2.24, 2.45) is 0 Å². The molecule has 3 aromatic heterocycles. The predicted octanol–water partition coefficient (Wildman–Crippen LogP) is 1.59. The molecule has 180 valence electrons. The minimum absolute atomic E-state index is 0.0165. The quantitative estimate of drug-likeness (QED) is 0.367. The van der Waals surface area contributed by atoms with Crippen LogP contribution in [0.5, 0.6) is 0 Å². The second-order valence-electron chi connectivity index (χ2n) is 9.05. The van der Waals surface area contributed by atoms with Gasteiger partial charge in [-0.3, -0.25) is 14.7 Å². The van der Waals surface area contributed by atoms with Crippen molar-refractivity contribution >= 4 is 23.2 Å². The maximum absolute atomic E-state index is 12.2. The average Bonchev–Trinajstić information content (AvgIpc) is 3.58. The molecule has 3 N–H and O–H groups in total. The van der Waals surface area contributed by atoms with Crippen molar-refractivity contribution in [3.05, 3.63) is 71.2 Å². The van der Waals surface area contributed by atoms with E-state index in [1.807, 2.05) is 18.3 Å². The lowest BCUT2D eigenvalue weighted by molar-refractivity contribution is -0.136. The fraction of sp³-hybridized carbons (Fsp3) is 0.333. The molecular formula is C24H26N8O3. The Kier molecular flexibility index (Phi) is 5.67. The minimum atomic E-state index is -0.997. The van der Waals surface area contributed by atoms with Gasteiger partial charge in [0.25, 0.3) is 5.91 Å². The Balaban J connectivity index is 1.50. The third-order valence-electron chi connectivity index (χ3n) is 6.48. The number of aromatic amines is 1. The second-order valence-corrected chi connectivity index (χ2v) is 9.05. The van der Waals surface area contributed by atoms with Crippen LogP contribution in [0.25, 0.3) is 5.65 Å². The van der Waals surface area contributed by atoms with Crippen LogP contribution in [-0.4, -0.2) is 66.9 Å². The number of benzene rings is 1. The first kappa shape index (κ1) is 22.5. The van der Waals surface area contributed by atoms with E-state index < -0.39 is 5.97 Å². The SMILES string of the molecule is CNC(=O)c1nc2c(Cc3nc(CC(=O)O)n[nH]3)cc(N3CC[C@](C)(c4ccccc4)C3)cn2n1. The zero-order chi connectivity index (χ0) is 24.6. The zero-order valence-corrected chi connectivity index (χ0v) is 19.5. The summed E-state index contributed by atoms with van der Waals surface area (Å²) in [5.41, 5.74) is 3.62. The number of hydrogen-bond donors (Lipinski definition) is 3. The first-order chi connectivity index (χ1) is 16.8. The molecular weight excluding hydrogens is 448 g/mol. The van der Waals surface area contributed by atoms with Gasteiger partial charge in [0.1, 0.15) is 12.2 Å². The summed E-state index contributed by atoms with van der Waals surface area (Å²) in [6, 6.07) is 12.5. The number of carboxylic acid groups (broad SMARTS) is 1. The van der Waals surface area contributed by atoms with E-state index in [4.69, 9.17) is 5.11 Å². The summed E-state index contributed by atoms with van der Waals surface area (Å²) in [6.07, 6.45) is 2.97. The van der Waals surface area contributed by atoms with Crippen molar-refractivity contribution in [2.75, 3.05) is 25.0 Å². The number of pyridine rings is 1. The molecule has 1 saturated heterocycles. The maximum Gasteiger partial charge on any atom is 0.311 e. The lowest BCUT2D eigenvalue weighted by atomic mass is 9.82. The van der Waals surface area contributed by atoms with Gasteiger partial charge in [-0.2, -0.15) is 5.10 Å². The monoisotopic (exact) mass is 474 g/mol. The fourth-order valence-corrected chi connectivity index (χ4v) is 4.62. The van der Waals surface area contributed by atoms with E-state index in [2.05, 4.69) is 66.7 Å². The number of carbonyl (C=O) groups is 2. The highest BCUT2D eigenvalue weighted by Gasteiger charge is 2.35. The average molecular weight is 475 g/mol. The highest BCUT2D eigenvalue weighted by molar-refractivity contribution is 5.90. The number of nitrogens with one attached hydrogen (secondary N) is 2. The molecule has 0 unspecified atom stereocenters. The summed E-state index contributed by atoms with van der Waals surface area (Å²) in [5, 5.41) is 22.8. The number of rotatable bonds is 7. The number of aromatic nitrogens is 6. The number of anilines is 1. The van der Waals surface area contributed by atoms with Crippen LogP contribution in [0.4, 0.5) is 5.69 Å². The zero-order valence-electron chi connectivity index (χ0n) is 19.5. The molecule has 1 fully saturated rings. The Labute approximate surface area is 201 Å². The largest absolute Gasteiger partial charge is 0.481 e. The molecule has 1 aliphatic heterocycles. The molecule has 0 saturated carbocycles. The summed E-state index contributed by atoms with van der Waals surface area (Å²) in [7, 11) is 1.54. The Morgan fingerprint density at radius 1 is 1.23 bits per heavy atom. The van der Waals surface area contributed by atoms with Gasteiger partial charge in [0.2, 0.25) is 5.82 Å². The smallest absolute Gasteiger partial charge is 0.311 e. The highest BCUT2D eigenvalue weighted by atomic mass is 16.4. The molecule has 1 aliphatic rings. The van der Waals surface area contributed by atoms with Crippen molar-refractivity contribution in [3.8, 4) is 0 Å². The first-order valence-electron chi connectivity index (χ1n) is 11.4. The molecule has 4 aromatic rings. The summed E-state index contributed by atoms with van der Waals surface area (Å²) < 4.78 is 1.63. The summed E-state index contributed by atoms with van der Waals surface area (Å²) in [6.45, 7) is 3.99. The number of nitrogens with zero attached hydrogens (tertiary/aromatic N) is 6.